The van der Waals surface area contributed by atoms with Crippen molar-refractivity contribution >= 4 is 17.3 Å². The number of hydrogen-bond acceptors (Lipinski definition) is 4. The van der Waals surface area contributed by atoms with Crippen LogP contribution in [0.5, 0.6) is 0 Å². The second-order valence-electron chi connectivity index (χ2n) is 5.06. The van der Waals surface area contributed by atoms with Crippen LogP contribution in [-0.4, -0.2) is 26.2 Å². The highest BCUT2D eigenvalue weighted by atomic mass is 35.5. The maximum absolute atomic E-state index is 13.6. The third-order valence-corrected chi connectivity index (χ3v) is 3.81. The number of alkyl halides is 6. The van der Waals surface area contributed by atoms with Gasteiger partial charge in [0.05, 0.1) is 17.2 Å². The summed E-state index contributed by atoms with van der Waals surface area (Å²) in [7, 11) is 0. The highest BCUT2D eigenvalue weighted by Gasteiger charge is 2.65. The fourth-order valence-corrected chi connectivity index (χ4v) is 2.49. The quantitative estimate of drug-likeness (QED) is 0.428. The summed E-state index contributed by atoms with van der Waals surface area (Å²) in [5, 5.41) is 9.99. The van der Waals surface area contributed by atoms with E-state index in [0.29, 0.717) is 6.08 Å². The number of halogens is 8. The molecule has 142 valence electrons. The molecule has 0 spiro atoms. The molecule has 1 aromatic rings. The van der Waals surface area contributed by atoms with Crippen LogP contribution in [0.15, 0.2) is 28.3 Å². The van der Waals surface area contributed by atoms with Crippen LogP contribution in [-0.2, 0) is 6.18 Å². The molecule has 1 aromatic heterocycles. The first-order valence-corrected chi connectivity index (χ1v) is 6.74. The highest BCUT2D eigenvalue weighted by Crippen LogP contribution is 2.44. The molecule has 0 aromatic carbocycles. The third-order valence-electron chi connectivity index (χ3n) is 3.48. The molecule has 0 saturated carbocycles. The summed E-state index contributed by atoms with van der Waals surface area (Å²) in [6, 6.07) is 0. The van der Waals surface area contributed by atoms with Crippen LogP contribution < -0.4 is 5.56 Å². The van der Waals surface area contributed by atoms with E-state index in [4.69, 9.17) is 11.6 Å². The van der Waals surface area contributed by atoms with Crippen molar-refractivity contribution in [2.24, 2.45) is 0 Å². The molecular formula is C12H5ClF7N3O3. The lowest BCUT2D eigenvalue weighted by molar-refractivity contribution is -0.597. The number of aromatic nitrogens is 2. The van der Waals surface area contributed by atoms with Crippen LogP contribution in [0, 0.1) is 15.9 Å². The Kier molecular flexibility index (Phi) is 4.64. The van der Waals surface area contributed by atoms with E-state index >= 15 is 0 Å². The maximum Gasteiger partial charge on any atom is 0.465 e. The van der Waals surface area contributed by atoms with Gasteiger partial charge in [-0.05, 0) is 6.08 Å². The molecule has 1 aliphatic rings. The van der Waals surface area contributed by atoms with Crippen molar-refractivity contribution in [2.45, 2.75) is 24.3 Å². The number of allylic oxidation sites excluding steroid dienone is 2. The van der Waals surface area contributed by atoms with Crippen molar-refractivity contribution in [3.8, 4) is 0 Å². The van der Waals surface area contributed by atoms with E-state index in [2.05, 4.69) is 4.98 Å². The van der Waals surface area contributed by atoms with Gasteiger partial charge in [-0.25, -0.2) is 4.98 Å². The number of rotatable bonds is 2. The normalized spacial score (nSPS) is 21.2. The molecule has 2 rings (SSSR count). The predicted molar refractivity (Wildman–Crippen MR) is 72.1 cm³/mol. The van der Waals surface area contributed by atoms with Gasteiger partial charge in [0.25, 0.3) is 5.56 Å². The second-order valence-corrected chi connectivity index (χ2v) is 5.52. The lowest BCUT2D eigenvalue weighted by Gasteiger charge is -2.27. The minimum absolute atomic E-state index is 0.0796. The van der Waals surface area contributed by atoms with E-state index in [1.54, 1.807) is 0 Å². The Morgan fingerprint density at radius 3 is 2.27 bits per heavy atom. The van der Waals surface area contributed by atoms with Gasteiger partial charge in [0.2, 0.25) is 5.82 Å². The van der Waals surface area contributed by atoms with E-state index in [9.17, 15) is 45.6 Å². The number of hydrogen-bond donors (Lipinski definition) is 0. The van der Waals surface area contributed by atoms with Crippen molar-refractivity contribution < 1.29 is 35.7 Å². The predicted octanol–water partition coefficient (Wildman–Crippen LogP) is 3.35. The molecule has 0 amide bonds. The Bertz CT molecular complexity index is 888. The van der Waals surface area contributed by atoms with Gasteiger partial charge in [0.15, 0.2) is 5.69 Å². The SMILES string of the molecule is O=c1c(F)c(C(F)(F)F)ncn1C1=C(Cl)CC([N+](=O)[O-])(C(F)(F)F)C=C1. The van der Waals surface area contributed by atoms with Crippen molar-refractivity contribution in [1.82, 2.24) is 9.55 Å². The molecule has 1 atom stereocenters. The Morgan fingerprint density at radius 1 is 1.27 bits per heavy atom. The van der Waals surface area contributed by atoms with Crippen molar-refractivity contribution in [3.63, 3.8) is 0 Å². The van der Waals surface area contributed by atoms with Gasteiger partial charge in [0.1, 0.15) is 6.33 Å². The van der Waals surface area contributed by atoms with Crippen molar-refractivity contribution in [1.29, 1.82) is 0 Å². The summed E-state index contributed by atoms with van der Waals surface area (Å²) in [4.78, 5) is 23.7. The molecule has 0 bridgehead atoms. The van der Waals surface area contributed by atoms with E-state index in [1.165, 1.54) is 0 Å². The van der Waals surface area contributed by atoms with Gasteiger partial charge in [-0.15, -0.1) is 0 Å². The fourth-order valence-electron chi connectivity index (χ4n) is 2.13. The molecule has 1 unspecified atom stereocenters. The Morgan fingerprint density at radius 2 is 1.85 bits per heavy atom. The first kappa shape index (κ1) is 19.9. The lowest BCUT2D eigenvalue weighted by Crippen LogP contribution is -2.51. The standard InChI is InChI=1S/C12H5ClF7N3O3/c13-5-3-10(23(25)26,12(18,19)20)2-1-6(5)22-4-21-8(11(15,16)17)7(14)9(22)24/h1-2,4H,3H2. The monoisotopic (exact) mass is 407 g/mol. The Hall–Kier alpha value is -2.44. The molecule has 1 heterocycles. The minimum Gasteiger partial charge on any atom is -0.265 e. The maximum atomic E-state index is 13.6. The van der Waals surface area contributed by atoms with Crippen molar-refractivity contribution in [3.05, 3.63) is 55.5 Å². The molecular weight excluding hydrogens is 403 g/mol. The summed E-state index contributed by atoms with van der Waals surface area (Å²) in [5.74, 6) is -2.30. The summed E-state index contributed by atoms with van der Waals surface area (Å²) < 4.78 is 90.4. The van der Waals surface area contributed by atoms with E-state index in [-0.39, 0.29) is 17.0 Å². The van der Waals surface area contributed by atoms with Crippen LogP contribution in [0.2, 0.25) is 0 Å². The molecule has 26 heavy (non-hydrogen) atoms. The molecule has 0 fully saturated rings. The second kappa shape index (κ2) is 6.07. The topological polar surface area (TPSA) is 78.0 Å². The number of nitro groups is 1. The summed E-state index contributed by atoms with van der Waals surface area (Å²) in [5.41, 5.74) is -8.26. The van der Waals surface area contributed by atoms with Gasteiger partial charge < -0.3 is 0 Å². The van der Waals surface area contributed by atoms with Crippen LogP contribution in [0.4, 0.5) is 30.7 Å². The van der Waals surface area contributed by atoms with Crippen LogP contribution >= 0.6 is 11.6 Å². The van der Waals surface area contributed by atoms with E-state index in [0.717, 1.165) is 0 Å². The smallest absolute Gasteiger partial charge is 0.265 e. The molecule has 0 radical (unpaired) electrons. The zero-order chi connectivity index (χ0) is 20.1. The molecule has 0 saturated heterocycles. The van der Waals surface area contributed by atoms with Gasteiger partial charge >= 0.3 is 17.9 Å². The van der Waals surface area contributed by atoms with Crippen molar-refractivity contribution in [2.75, 3.05) is 0 Å². The summed E-state index contributed by atoms with van der Waals surface area (Å²) in [6.07, 6.45) is -11.4. The van der Waals surface area contributed by atoms with Crippen LogP contribution in [0.3, 0.4) is 0 Å². The average molecular weight is 408 g/mol. The van der Waals surface area contributed by atoms with Crippen LogP contribution in [0.25, 0.3) is 5.70 Å². The van der Waals surface area contributed by atoms with Crippen LogP contribution in [0.1, 0.15) is 12.1 Å². The summed E-state index contributed by atoms with van der Waals surface area (Å²) >= 11 is 5.60. The van der Waals surface area contributed by atoms with E-state index < -0.39 is 57.0 Å². The Balaban J connectivity index is 2.58. The molecule has 0 aliphatic heterocycles. The zero-order valence-electron chi connectivity index (χ0n) is 12.0. The molecule has 14 heteroatoms. The first-order chi connectivity index (χ1) is 11.7. The van der Waals surface area contributed by atoms with Gasteiger partial charge in [-0.3, -0.25) is 19.5 Å². The minimum atomic E-state index is -5.35. The summed E-state index contributed by atoms with van der Waals surface area (Å²) in [6.45, 7) is 0. The molecule has 6 nitrogen and oxygen atoms in total. The zero-order valence-corrected chi connectivity index (χ0v) is 12.8. The number of nitrogens with zero attached hydrogens (tertiary/aromatic N) is 3. The fraction of sp³-hybridized carbons (Fsp3) is 0.333. The van der Waals surface area contributed by atoms with Gasteiger partial charge in [0, 0.05) is 11.0 Å². The lowest BCUT2D eigenvalue weighted by atomic mass is 9.90. The third kappa shape index (κ3) is 3.06. The molecule has 1 aliphatic carbocycles. The average Bonchev–Trinajstić information content (AvgIpc) is 2.47. The highest BCUT2D eigenvalue weighted by molar-refractivity contribution is 6.32. The first-order valence-electron chi connectivity index (χ1n) is 6.36. The molecule has 0 N–H and O–H groups in total. The van der Waals surface area contributed by atoms with Gasteiger partial charge in [-0.1, -0.05) is 11.6 Å². The largest absolute Gasteiger partial charge is 0.465 e. The van der Waals surface area contributed by atoms with Gasteiger partial charge in [-0.2, -0.15) is 30.7 Å². The Labute approximate surface area is 143 Å². The van der Waals surface area contributed by atoms with E-state index in [1.807, 2.05) is 0 Å².